The molecule has 1 atom stereocenters. The van der Waals surface area contributed by atoms with E-state index in [0.29, 0.717) is 16.7 Å². The fourth-order valence-electron chi connectivity index (χ4n) is 4.11. The van der Waals surface area contributed by atoms with E-state index in [0.717, 1.165) is 4.57 Å². The highest BCUT2D eigenvalue weighted by atomic mass is 32.2. The van der Waals surface area contributed by atoms with Gasteiger partial charge in [-0.2, -0.15) is 18.4 Å². The number of nitrogens with zero attached hydrogens (tertiary/aromatic N) is 3. The summed E-state index contributed by atoms with van der Waals surface area (Å²) in [5, 5.41) is 11.9. The van der Waals surface area contributed by atoms with Crippen molar-refractivity contribution in [2.24, 2.45) is 0 Å². The third kappa shape index (κ3) is 5.40. The zero-order valence-electron chi connectivity index (χ0n) is 20.5. The molecule has 1 unspecified atom stereocenters. The van der Waals surface area contributed by atoms with Gasteiger partial charge in [-0.15, -0.1) is 0 Å². The highest BCUT2D eigenvalue weighted by molar-refractivity contribution is 7.91. The number of imidazole rings is 1. The molecule has 4 aromatic rings. The van der Waals surface area contributed by atoms with Crippen molar-refractivity contribution in [1.29, 1.82) is 5.26 Å². The number of amides is 1. The Balaban J connectivity index is 1.61. The van der Waals surface area contributed by atoms with Gasteiger partial charge in [-0.3, -0.25) is 4.79 Å². The minimum absolute atomic E-state index is 0.00221. The zero-order chi connectivity index (χ0) is 27.7. The topological polar surface area (TPSA) is 105 Å². The number of hydrogen-bond donors (Lipinski definition) is 1. The molecule has 0 aliphatic heterocycles. The molecule has 1 heterocycles. The second kappa shape index (κ2) is 10.3. The van der Waals surface area contributed by atoms with Crippen LogP contribution in [-0.4, -0.2) is 29.6 Å². The number of nitrogens with one attached hydrogen (secondary N) is 1. The van der Waals surface area contributed by atoms with Gasteiger partial charge in [0.05, 0.1) is 39.4 Å². The van der Waals surface area contributed by atoms with Gasteiger partial charge in [0.1, 0.15) is 0 Å². The van der Waals surface area contributed by atoms with E-state index in [1.165, 1.54) is 36.4 Å². The van der Waals surface area contributed by atoms with Gasteiger partial charge in [0.25, 0.3) is 5.91 Å². The number of aromatic nitrogens is 2. The maximum Gasteiger partial charge on any atom is 0.449 e. The molecule has 1 N–H and O–H groups in total. The number of benzene rings is 3. The van der Waals surface area contributed by atoms with Crippen molar-refractivity contribution >= 4 is 26.8 Å². The summed E-state index contributed by atoms with van der Waals surface area (Å²) in [5.41, 5.74) is 1.81. The summed E-state index contributed by atoms with van der Waals surface area (Å²) >= 11 is 0. The fourth-order valence-corrected chi connectivity index (χ4v) is 5.00. The van der Waals surface area contributed by atoms with Crippen molar-refractivity contribution in [3.63, 3.8) is 0 Å². The Morgan fingerprint density at radius 2 is 1.82 bits per heavy atom. The predicted octanol–water partition coefficient (Wildman–Crippen LogP) is 5.26. The van der Waals surface area contributed by atoms with E-state index < -0.39 is 33.8 Å². The number of carbonyl (C=O) groups is 1. The summed E-state index contributed by atoms with van der Waals surface area (Å²) < 4.78 is 66.8. The second-order valence-corrected chi connectivity index (χ2v) is 10.9. The van der Waals surface area contributed by atoms with Crippen molar-refractivity contribution in [1.82, 2.24) is 14.9 Å². The first-order chi connectivity index (χ1) is 17.9. The van der Waals surface area contributed by atoms with Gasteiger partial charge < -0.3 is 9.88 Å². The number of hydrogen-bond acceptors (Lipinski definition) is 5. The number of alkyl halides is 3. The van der Waals surface area contributed by atoms with E-state index in [1.807, 2.05) is 6.07 Å². The molecule has 0 spiro atoms. The zero-order valence-corrected chi connectivity index (χ0v) is 21.3. The molecule has 0 saturated heterocycles. The van der Waals surface area contributed by atoms with Gasteiger partial charge in [-0.05, 0) is 60.5 Å². The average molecular weight is 541 g/mol. The summed E-state index contributed by atoms with van der Waals surface area (Å²) in [5.74, 6) is -1.65. The van der Waals surface area contributed by atoms with E-state index in [2.05, 4.69) is 10.3 Å². The van der Waals surface area contributed by atoms with E-state index in [1.54, 1.807) is 44.2 Å². The van der Waals surface area contributed by atoms with Crippen LogP contribution in [0.15, 0.2) is 71.6 Å². The van der Waals surface area contributed by atoms with E-state index in [4.69, 9.17) is 0 Å². The first kappa shape index (κ1) is 26.9. The summed E-state index contributed by atoms with van der Waals surface area (Å²) in [6.45, 7) is 3.23. The van der Waals surface area contributed by atoms with Gasteiger partial charge in [0.2, 0.25) is 5.82 Å². The molecule has 1 aromatic heterocycles. The molecular weight excluding hydrogens is 517 g/mol. The highest BCUT2D eigenvalue weighted by Gasteiger charge is 2.39. The summed E-state index contributed by atoms with van der Waals surface area (Å²) in [6, 6.07) is 17.8. The average Bonchev–Trinajstić information content (AvgIpc) is 3.31. The maximum atomic E-state index is 13.9. The lowest BCUT2D eigenvalue weighted by molar-refractivity contribution is -0.147. The van der Waals surface area contributed by atoms with Crippen molar-refractivity contribution in [2.45, 2.75) is 37.5 Å². The standard InChI is InChI=1S/C27H23F3N4O3S/c1-3-38(36,37)22-10-7-18(8-11-22)16-32-25(35)21-9-12-24-23(14-21)33-26(27(28,29)30)34(24)17(2)20-6-4-5-19(13-20)15-31/h4-14,17H,3,16H2,1-2H3,(H,32,35). The van der Waals surface area contributed by atoms with Crippen molar-refractivity contribution in [2.75, 3.05) is 5.75 Å². The lowest BCUT2D eigenvalue weighted by atomic mass is 10.0. The first-order valence-electron chi connectivity index (χ1n) is 11.6. The molecule has 7 nitrogen and oxygen atoms in total. The summed E-state index contributed by atoms with van der Waals surface area (Å²) in [7, 11) is -3.34. The highest BCUT2D eigenvalue weighted by Crippen LogP contribution is 2.36. The van der Waals surface area contributed by atoms with Crippen LogP contribution in [0.1, 0.15) is 52.8 Å². The van der Waals surface area contributed by atoms with Gasteiger partial charge in [0.15, 0.2) is 9.84 Å². The van der Waals surface area contributed by atoms with Gasteiger partial charge in [-0.1, -0.05) is 31.2 Å². The van der Waals surface area contributed by atoms with Crippen LogP contribution in [0.25, 0.3) is 11.0 Å². The Bertz CT molecular complexity index is 1650. The largest absolute Gasteiger partial charge is 0.449 e. The van der Waals surface area contributed by atoms with Crippen LogP contribution in [0, 0.1) is 11.3 Å². The van der Waals surface area contributed by atoms with Crippen LogP contribution in [-0.2, 0) is 22.6 Å². The second-order valence-electron chi connectivity index (χ2n) is 8.65. The molecule has 1 amide bonds. The summed E-state index contributed by atoms with van der Waals surface area (Å²) in [6.07, 6.45) is -4.75. The SMILES string of the molecule is CCS(=O)(=O)c1ccc(CNC(=O)c2ccc3c(c2)nc(C(F)(F)F)n3C(C)c2cccc(C#N)c2)cc1. The van der Waals surface area contributed by atoms with Crippen LogP contribution in [0.3, 0.4) is 0 Å². The molecule has 196 valence electrons. The van der Waals surface area contributed by atoms with Crippen LogP contribution in [0.5, 0.6) is 0 Å². The Morgan fingerprint density at radius 3 is 2.45 bits per heavy atom. The molecular formula is C27H23F3N4O3S. The Labute approximate surface area is 217 Å². The Kier molecular flexibility index (Phi) is 7.29. The monoisotopic (exact) mass is 540 g/mol. The van der Waals surface area contributed by atoms with Crippen molar-refractivity contribution in [3.05, 3.63) is 94.8 Å². The lowest BCUT2D eigenvalue weighted by Crippen LogP contribution is -2.22. The maximum absolute atomic E-state index is 13.9. The number of rotatable bonds is 7. The minimum Gasteiger partial charge on any atom is -0.348 e. The number of carbonyl (C=O) groups excluding carboxylic acids is 1. The van der Waals surface area contributed by atoms with Gasteiger partial charge in [-0.25, -0.2) is 13.4 Å². The van der Waals surface area contributed by atoms with Crippen LogP contribution in [0.4, 0.5) is 13.2 Å². The van der Waals surface area contributed by atoms with Crippen molar-refractivity contribution in [3.8, 4) is 6.07 Å². The van der Waals surface area contributed by atoms with E-state index in [9.17, 15) is 31.6 Å². The van der Waals surface area contributed by atoms with Crippen LogP contribution in [0.2, 0.25) is 0 Å². The molecule has 0 aliphatic rings. The van der Waals surface area contributed by atoms with Crippen LogP contribution < -0.4 is 5.32 Å². The molecule has 0 bridgehead atoms. The molecule has 0 fully saturated rings. The molecule has 4 rings (SSSR count). The summed E-state index contributed by atoms with van der Waals surface area (Å²) in [4.78, 5) is 16.8. The first-order valence-corrected chi connectivity index (χ1v) is 13.3. The molecule has 0 aliphatic carbocycles. The molecule has 3 aromatic carbocycles. The van der Waals surface area contributed by atoms with Crippen molar-refractivity contribution < 1.29 is 26.4 Å². The number of halogens is 3. The molecule has 38 heavy (non-hydrogen) atoms. The van der Waals surface area contributed by atoms with E-state index >= 15 is 0 Å². The van der Waals surface area contributed by atoms with Crippen LogP contribution >= 0.6 is 0 Å². The third-order valence-corrected chi connectivity index (χ3v) is 7.96. The number of fused-ring (bicyclic) bond motifs is 1. The smallest absolute Gasteiger partial charge is 0.348 e. The third-order valence-electron chi connectivity index (χ3n) is 6.21. The quantitative estimate of drug-likeness (QED) is 0.344. The number of sulfone groups is 1. The van der Waals surface area contributed by atoms with Gasteiger partial charge >= 0.3 is 6.18 Å². The minimum atomic E-state index is -4.75. The molecule has 11 heteroatoms. The number of nitriles is 1. The molecule has 0 saturated carbocycles. The fraction of sp³-hybridized carbons (Fsp3) is 0.222. The Hall–Kier alpha value is -4.17. The Morgan fingerprint density at radius 1 is 1.11 bits per heavy atom. The lowest BCUT2D eigenvalue weighted by Gasteiger charge is -2.19. The normalized spacial score (nSPS) is 12.7. The van der Waals surface area contributed by atoms with E-state index in [-0.39, 0.29) is 33.8 Å². The van der Waals surface area contributed by atoms with Gasteiger partial charge in [0, 0.05) is 12.1 Å². The molecule has 0 radical (unpaired) electrons. The predicted molar refractivity (Wildman–Crippen MR) is 135 cm³/mol.